The minimum atomic E-state index is -5.88. The SMILES string of the molecule is O=[As]([O-])([O-])[O-].[Ca+2].[Fe+2]. The van der Waals surface area contributed by atoms with Crippen LogP contribution in [0, 0.1) is 0 Å². The third-order valence-corrected chi connectivity index (χ3v) is 0. The Kier molecular flexibility index (Phi) is 14.0. The van der Waals surface area contributed by atoms with Gasteiger partial charge >= 0.3 is 85.3 Å². The Hall–Kier alpha value is 2.02. The molecule has 0 N–H and O–H groups in total. The van der Waals surface area contributed by atoms with E-state index in [1.54, 1.807) is 0 Å². The Morgan fingerprint density at radius 3 is 1.14 bits per heavy atom. The molecule has 0 spiro atoms. The molecule has 0 heterocycles. The molecule has 0 radical (unpaired) electrons. The van der Waals surface area contributed by atoms with E-state index in [2.05, 4.69) is 0 Å². The molecule has 0 aromatic heterocycles. The van der Waals surface area contributed by atoms with Crippen molar-refractivity contribution in [2.24, 2.45) is 0 Å². The zero-order valence-corrected chi connectivity index (χ0v) is 8.33. The van der Waals surface area contributed by atoms with Gasteiger partial charge in [0.15, 0.2) is 0 Å². The largest absolute Gasteiger partial charge is 2.00 e. The van der Waals surface area contributed by atoms with Crippen molar-refractivity contribution in [3.8, 4) is 0 Å². The molecule has 0 saturated heterocycles. The fourth-order valence-electron chi connectivity index (χ4n) is 0. The van der Waals surface area contributed by atoms with Gasteiger partial charge in [-0.15, -0.1) is 0 Å². The van der Waals surface area contributed by atoms with Crippen molar-refractivity contribution in [3.05, 3.63) is 0 Å². The van der Waals surface area contributed by atoms with E-state index in [4.69, 9.17) is 16.0 Å². The fraction of sp³-hybridized carbons (Fsp3) is 0. The quantitative estimate of drug-likeness (QED) is 0.396. The average molecular weight is 235 g/mol. The van der Waals surface area contributed by atoms with Gasteiger partial charge in [-0.2, -0.15) is 0 Å². The van der Waals surface area contributed by atoms with E-state index in [9.17, 15) is 0 Å². The van der Waals surface area contributed by atoms with E-state index >= 15 is 0 Å². The molecule has 38 valence electrons. The van der Waals surface area contributed by atoms with Gasteiger partial charge in [-0.05, 0) is 0 Å². The Bertz CT molecular complexity index is 57.8. The van der Waals surface area contributed by atoms with Crippen LogP contribution in [-0.4, -0.2) is 52.3 Å². The first-order chi connectivity index (χ1) is 2.00. The second kappa shape index (κ2) is 6.14. The van der Waals surface area contributed by atoms with Crippen LogP contribution in [0.4, 0.5) is 0 Å². The van der Waals surface area contributed by atoms with E-state index in [0.717, 1.165) is 0 Å². The van der Waals surface area contributed by atoms with Gasteiger partial charge in [0.1, 0.15) is 0 Å². The van der Waals surface area contributed by atoms with Gasteiger partial charge in [0.2, 0.25) is 0 Å². The molecule has 0 aromatic carbocycles. The van der Waals surface area contributed by atoms with Gasteiger partial charge in [-0.3, -0.25) is 0 Å². The maximum Gasteiger partial charge on any atom is 2.00 e. The van der Waals surface area contributed by atoms with Crippen LogP contribution in [-0.2, 0) is 20.8 Å². The third-order valence-electron chi connectivity index (χ3n) is 0. The first-order valence-corrected chi connectivity index (χ1v) is 3.79. The summed E-state index contributed by atoms with van der Waals surface area (Å²) < 4.78 is 34.4. The molecule has 0 aromatic rings. The topological polar surface area (TPSA) is 86.2 Å². The van der Waals surface area contributed by atoms with Crippen LogP contribution in [0.5, 0.6) is 0 Å². The molecular formula is AsCaFeO4+. The summed E-state index contributed by atoms with van der Waals surface area (Å²) in [5.41, 5.74) is 0. The summed E-state index contributed by atoms with van der Waals surface area (Å²) >= 11 is -5.88. The molecule has 0 amide bonds. The first-order valence-electron chi connectivity index (χ1n) is 0.730. The molecule has 7 heavy (non-hydrogen) atoms. The molecule has 0 rings (SSSR count). The third kappa shape index (κ3) is 71.3. The van der Waals surface area contributed by atoms with Crippen LogP contribution in [0.1, 0.15) is 0 Å². The van der Waals surface area contributed by atoms with E-state index in [1.807, 2.05) is 0 Å². The first kappa shape index (κ1) is 16.0. The summed E-state index contributed by atoms with van der Waals surface area (Å²) in [6, 6.07) is 0. The van der Waals surface area contributed by atoms with Crippen LogP contribution in [0.2, 0.25) is 0 Å². The predicted molar refractivity (Wildman–Crippen MR) is 12.2 cm³/mol. The van der Waals surface area contributed by atoms with Crippen molar-refractivity contribution in [1.29, 1.82) is 0 Å². The molecule has 0 atom stereocenters. The Morgan fingerprint density at radius 2 is 1.14 bits per heavy atom. The van der Waals surface area contributed by atoms with Crippen molar-refractivity contribution in [2.75, 3.05) is 0 Å². The smallest absolute Gasteiger partial charge is 2.00 e. The summed E-state index contributed by atoms with van der Waals surface area (Å²) in [7, 11) is 0. The van der Waals surface area contributed by atoms with Crippen LogP contribution < -0.4 is 12.3 Å². The van der Waals surface area contributed by atoms with Crippen molar-refractivity contribution >= 4 is 52.3 Å². The second-order valence-electron chi connectivity index (χ2n) is 0.447. The Morgan fingerprint density at radius 1 is 1.14 bits per heavy atom. The minimum absolute atomic E-state index is 0. The number of hydrogen-bond acceptors (Lipinski definition) is 4. The molecule has 0 aliphatic heterocycles. The standard InChI is InChI=1S/AsH3O4.Ca.Fe/c2-1(3,4)5;;/h(H3,2,3,4,5);;/q;2*+2/p-3. The molecule has 0 bridgehead atoms. The predicted octanol–water partition coefficient (Wildman–Crippen LogP) is -4.45. The normalized spacial score (nSPS) is 8.43. The molecule has 7 heteroatoms. The van der Waals surface area contributed by atoms with Gasteiger partial charge in [-0.1, -0.05) is 0 Å². The Labute approximate surface area is 84.1 Å². The van der Waals surface area contributed by atoms with Gasteiger partial charge in [0.25, 0.3) is 0 Å². The van der Waals surface area contributed by atoms with Crippen molar-refractivity contribution in [1.82, 2.24) is 0 Å². The van der Waals surface area contributed by atoms with Gasteiger partial charge in [0.05, 0.1) is 0 Å². The monoisotopic (exact) mass is 235 g/mol. The van der Waals surface area contributed by atoms with Crippen LogP contribution >= 0.6 is 0 Å². The summed E-state index contributed by atoms with van der Waals surface area (Å²) in [5, 5.41) is 0. The molecule has 0 unspecified atom stereocenters. The van der Waals surface area contributed by atoms with Gasteiger partial charge in [-0.25, -0.2) is 0 Å². The van der Waals surface area contributed by atoms with E-state index < -0.39 is 14.5 Å². The maximum absolute atomic E-state index is 8.61. The molecule has 0 aliphatic carbocycles. The molecular weight excluding hydrogens is 235 g/mol. The van der Waals surface area contributed by atoms with Crippen molar-refractivity contribution < 1.29 is 33.1 Å². The molecule has 0 fully saturated rings. The summed E-state index contributed by atoms with van der Waals surface area (Å²) in [6.45, 7) is 0. The van der Waals surface area contributed by atoms with Crippen LogP contribution in [0.25, 0.3) is 0 Å². The minimum Gasteiger partial charge on any atom is 2.00 e. The number of hydrogen-bond donors (Lipinski definition) is 0. The zero-order chi connectivity index (χ0) is 4.50. The molecule has 0 aliphatic rings. The van der Waals surface area contributed by atoms with Gasteiger partial charge in [0, 0.05) is 0 Å². The van der Waals surface area contributed by atoms with Crippen molar-refractivity contribution in [2.45, 2.75) is 0 Å². The van der Waals surface area contributed by atoms with Gasteiger partial charge < -0.3 is 0 Å². The second-order valence-corrected chi connectivity index (χ2v) is 2.32. The zero-order valence-electron chi connectivity index (χ0n) is 3.14. The van der Waals surface area contributed by atoms with Crippen molar-refractivity contribution in [3.63, 3.8) is 0 Å². The Balaban J connectivity index is -0.0000000800. The summed E-state index contributed by atoms with van der Waals surface area (Å²) in [5.74, 6) is 0. The molecule has 4 nitrogen and oxygen atoms in total. The van der Waals surface area contributed by atoms with E-state index in [1.165, 1.54) is 0 Å². The maximum atomic E-state index is 8.61. The summed E-state index contributed by atoms with van der Waals surface area (Å²) in [4.78, 5) is 0. The molecule has 0 saturated carbocycles. The van der Waals surface area contributed by atoms with E-state index in [0.29, 0.717) is 0 Å². The summed E-state index contributed by atoms with van der Waals surface area (Å²) in [6.07, 6.45) is 0. The van der Waals surface area contributed by atoms with Crippen LogP contribution in [0.3, 0.4) is 0 Å². The van der Waals surface area contributed by atoms with Crippen LogP contribution in [0.15, 0.2) is 0 Å². The number of rotatable bonds is 0. The average Bonchev–Trinajstić information content (AvgIpc) is 0.722. The fourth-order valence-corrected chi connectivity index (χ4v) is 0. The van der Waals surface area contributed by atoms with E-state index in [-0.39, 0.29) is 54.8 Å².